The number of carbonyl (C=O) groups is 1. The molecule has 0 fully saturated rings. The monoisotopic (exact) mass is 383 g/mol. The summed E-state index contributed by atoms with van der Waals surface area (Å²) in [4.78, 5) is 12.5. The van der Waals surface area contributed by atoms with Gasteiger partial charge >= 0.3 is 0 Å². The number of nitrogens with zero attached hydrogens (tertiary/aromatic N) is 2. The highest BCUT2D eigenvalue weighted by molar-refractivity contribution is 9.10. The van der Waals surface area contributed by atoms with Gasteiger partial charge in [0.15, 0.2) is 0 Å². The van der Waals surface area contributed by atoms with Gasteiger partial charge in [0.05, 0.1) is 11.7 Å². The minimum Gasteiger partial charge on any atom is -0.345 e. The maximum Gasteiger partial charge on any atom is 0.251 e. The first-order valence-electron chi connectivity index (χ1n) is 7.72. The molecule has 0 saturated carbocycles. The van der Waals surface area contributed by atoms with Gasteiger partial charge in [0, 0.05) is 21.9 Å². The molecule has 122 valence electrons. The molecular weight excluding hydrogens is 366 g/mol. The smallest absolute Gasteiger partial charge is 0.251 e. The molecule has 1 N–H and O–H groups in total. The van der Waals surface area contributed by atoms with Crippen LogP contribution in [0.15, 0.2) is 65.3 Å². The van der Waals surface area contributed by atoms with Gasteiger partial charge < -0.3 is 5.32 Å². The number of hydrogen-bond donors (Lipinski definition) is 1. The van der Waals surface area contributed by atoms with Gasteiger partial charge in [-0.3, -0.25) is 4.79 Å². The van der Waals surface area contributed by atoms with E-state index in [2.05, 4.69) is 26.3 Å². The molecule has 1 aromatic heterocycles. The highest BCUT2D eigenvalue weighted by Crippen LogP contribution is 2.23. The fourth-order valence-corrected chi connectivity index (χ4v) is 3.21. The predicted molar refractivity (Wildman–Crippen MR) is 98.3 cm³/mol. The standard InChI is InChI=1S/C19H18BrN3O/c1-13-11-12-21-23(13)16-9-7-15(8-10-16)19(24)22-14(2)17-5-3-4-6-18(17)20/h3-12,14H,1-2H3,(H,22,24)/t14-/m0/s1. The normalized spacial score (nSPS) is 12.0. The van der Waals surface area contributed by atoms with Gasteiger partial charge in [-0.25, -0.2) is 4.68 Å². The van der Waals surface area contributed by atoms with Crippen LogP contribution in [0.2, 0.25) is 0 Å². The molecular formula is C19H18BrN3O. The number of hydrogen-bond acceptors (Lipinski definition) is 2. The number of carbonyl (C=O) groups excluding carboxylic acids is 1. The third kappa shape index (κ3) is 3.41. The fraction of sp³-hybridized carbons (Fsp3) is 0.158. The van der Waals surface area contributed by atoms with Gasteiger partial charge in [-0.05, 0) is 55.8 Å². The minimum absolute atomic E-state index is 0.0823. The fourth-order valence-electron chi connectivity index (χ4n) is 2.58. The van der Waals surface area contributed by atoms with Crippen molar-refractivity contribution >= 4 is 21.8 Å². The molecule has 0 radical (unpaired) electrons. The first kappa shape index (κ1) is 16.5. The molecule has 5 heteroatoms. The third-order valence-electron chi connectivity index (χ3n) is 3.93. The van der Waals surface area contributed by atoms with Crippen LogP contribution >= 0.6 is 15.9 Å². The number of benzene rings is 2. The highest BCUT2D eigenvalue weighted by Gasteiger charge is 2.13. The maximum atomic E-state index is 12.5. The largest absolute Gasteiger partial charge is 0.345 e. The first-order valence-corrected chi connectivity index (χ1v) is 8.52. The van der Waals surface area contributed by atoms with E-state index in [1.807, 2.05) is 73.1 Å². The molecule has 0 bridgehead atoms. The van der Waals surface area contributed by atoms with E-state index >= 15 is 0 Å². The van der Waals surface area contributed by atoms with Gasteiger partial charge in [0.1, 0.15) is 0 Å². The molecule has 1 heterocycles. The van der Waals surface area contributed by atoms with E-state index in [9.17, 15) is 4.79 Å². The lowest BCUT2D eigenvalue weighted by Crippen LogP contribution is -2.26. The molecule has 0 aliphatic heterocycles. The summed E-state index contributed by atoms with van der Waals surface area (Å²) >= 11 is 3.52. The number of nitrogens with one attached hydrogen (secondary N) is 1. The Balaban J connectivity index is 1.74. The topological polar surface area (TPSA) is 46.9 Å². The summed E-state index contributed by atoms with van der Waals surface area (Å²) in [5, 5.41) is 7.30. The number of aryl methyl sites for hydroxylation is 1. The molecule has 0 aliphatic rings. The Morgan fingerprint density at radius 1 is 1.12 bits per heavy atom. The van der Waals surface area contributed by atoms with Crippen molar-refractivity contribution in [3.05, 3.63) is 82.1 Å². The van der Waals surface area contributed by atoms with Gasteiger partial charge in [0.2, 0.25) is 0 Å². The van der Waals surface area contributed by atoms with Gasteiger partial charge in [-0.2, -0.15) is 5.10 Å². The van der Waals surface area contributed by atoms with Gasteiger partial charge in [-0.15, -0.1) is 0 Å². The van der Waals surface area contributed by atoms with Gasteiger partial charge in [-0.1, -0.05) is 34.1 Å². The van der Waals surface area contributed by atoms with Crippen LogP contribution < -0.4 is 5.32 Å². The molecule has 1 amide bonds. The Hall–Kier alpha value is -2.40. The summed E-state index contributed by atoms with van der Waals surface area (Å²) in [5.41, 5.74) is 3.67. The zero-order valence-electron chi connectivity index (χ0n) is 13.5. The second kappa shape index (κ2) is 7.01. The molecule has 1 atom stereocenters. The molecule has 0 unspecified atom stereocenters. The zero-order valence-corrected chi connectivity index (χ0v) is 15.1. The lowest BCUT2D eigenvalue weighted by molar-refractivity contribution is 0.0940. The van der Waals surface area contributed by atoms with E-state index in [0.717, 1.165) is 21.4 Å². The van der Waals surface area contributed by atoms with E-state index in [-0.39, 0.29) is 11.9 Å². The Labute approximate surface area is 149 Å². The van der Waals surface area contributed by atoms with Gasteiger partial charge in [0.25, 0.3) is 5.91 Å². The summed E-state index contributed by atoms with van der Waals surface area (Å²) in [7, 11) is 0. The molecule has 2 aromatic carbocycles. The molecule has 3 aromatic rings. The van der Waals surface area contributed by atoms with Crippen molar-refractivity contribution in [2.75, 3.05) is 0 Å². The van der Waals surface area contributed by atoms with Crippen LogP contribution in [0, 0.1) is 6.92 Å². The number of rotatable bonds is 4. The van der Waals surface area contributed by atoms with E-state index in [0.29, 0.717) is 5.56 Å². The second-order valence-corrected chi connectivity index (χ2v) is 6.50. The van der Waals surface area contributed by atoms with Crippen molar-refractivity contribution in [1.29, 1.82) is 0 Å². The lowest BCUT2D eigenvalue weighted by atomic mass is 10.1. The summed E-state index contributed by atoms with van der Waals surface area (Å²) in [6.07, 6.45) is 1.76. The quantitative estimate of drug-likeness (QED) is 0.723. The van der Waals surface area contributed by atoms with Crippen molar-refractivity contribution < 1.29 is 4.79 Å². The average molecular weight is 384 g/mol. The summed E-state index contributed by atoms with van der Waals surface area (Å²) < 4.78 is 2.83. The number of aromatic nitrogens is 2. The molecule has 24 heavy (non-hydrogen) atoms. The molecule has 4 nitrogen and oxygen atoms in total. The van der Waals surface area contributed by atoms with E-state index in [1.165, 1.54) is 0 Å². The van der Waals surface area contributed by atoms with Crippen molar-refractivity contribution in [2.24, 2.45) is 0 Å². The van der Waals surface area contributed by atoms with Crippen LogP contribution in [0.5, 0.6) is 0 Å². The SMILES string of the molecule is Cc1ccnn1-c1ccc(C(=O)N[C@@H](C)c2ccccc2Br)cc1. The lowest BCUT2D eigenvalue weighted by Gasteiger charge is -2.16. The number of amides is 1. The molecule has 0 saturated heterocycles. The zero-order chi connectivity index (χ0) is 17.1. The summed E-state index contributed by atoms with van der Waals surface area (Å²) in [5.74, 6) is -0.0954. The highest BCUT2D eigenvalue weighted by atomic mass is 79.9. The molecule has 0 aliphatic carbocycles. The van der Waals surface area contributed by atoms with Crippen LogP contribution in [0.4, 0.5) is 0 Å². The molecule has 3 rings (SSSR count). The van der Waals surface area contributed by atoms with Crippen molar-refractivity contribution in [2.45, 2.75) is 19.9 Å². The minimum atomic E-state index is -0.0954. The Morgan fingerprint density at radius 2 is 1.83 bits per heavy atom. The summed E-state index contributed by atoms with van der Waals surface area (Å²) in [6, 6.07) is 17.2. The third-order valence-corrected chi connectivity index (χ3v) is 4.65. The second-order valence-electron chi connectivity index (χ2n) is 5.65. The first-order chi connectivity index (χ1) is 11.6. The Morgan fingerprint density at radius 3 is 2.46 bits per heavy atom. The predicted octanol–water partition coefficient (Wildman–Crippen LogP) is 4.43. The van der Waals surface area contributed by atoms with Crippen molar-refractivity contribution in [1.82, 2.24) is 15.1 Å². The Kier molecular flexibility index (Phi) is 4.81. The maximum absolute atomic E-state index is 12.5. The van der Waals surface area contributed by atoms with Crippen LogP contribution in [0.1, 0.15) is 34.6 Å². The number of halogens is 1. The Bertz CT molecular complexity index is 855. The van der Waals surface area contributed by atoms with Crippen LogP contribution in [0.3, 0.4) is 0 Å². The summed E-state index contributed by atoms with van der Waals surface area (Å²) in [6.45, 7) is 3.96. The van der Waals surface area contributed by atoms with E-state index in [1.54, 1.807) is 6.20 Å². The van der Waals surface area contributed by atoms with Crippen molar-refractivity contribution in [3.63, 3.8) is 0 Å². The van der Waals surface area contributed by atoms with Crippen molar-refractivity contribution in [3.8, 4) is 5.69 Å². The van der Waals surface area contributed by atoms with Crippen LogP contribution in [0.25, 0.3) is 5.69 Å². The average Bonchev–Trinajstić information content (AvgIpc) is 3.01. The molecule has 0 spiro atoms. The van der Waals surface area contributed by atoms with E-state index in [4.69, 9.17) is 0 Å². The van der Waals surface area contributed by atoms with Crippen LogP contribution in [-0.2, 0) is 0 Å². The van der Waals surface area contributed by atoms with E-state index < -0.39 is 0 Å². The van der Waals surface area contributed by atoms with Crippen LogP contribution in [-0.4, -0.2) is 15.7 Å².